The van der Waals surface area contributed by atoms with E-state index in [2.05, 4.69) is 35.3 Å². The minimum Gasteiger partial charge on any atom is -0.361 e. The van der Waals surface area contributed by atoms with Crippen LogP contribution in [0.2, 0.25) is 25.7 Å². The second kappa shape index (κ2) is 5.02. The fraction of sp³-hybridized carbons (Fsp3) is 0.462. The molecule has 0 unspecified atom stereocenters. The molecule has 2 aromatic heterocycles. The number of aromatic nitrogens is 2. The fourth-order valence-corrected chi connectivity index (χ4v) is 2.43. The quantitative estimate of drug-likeness (QED) is 0.599. The molecule has 0 aliphatic rings. The Hall–Kier alpha value is -1.13. The van der Waals surface area contributed by atoms with E-state index in [4.69, 9.17) is 4.74 Å². The van der Waals surface area contributed by atoms with Gasteiger partial charge in [-0.3, -0.25) is 4.98 Å². The SMILES string of the molecule is C[Si](C)(C)CCOCn1ccc2ncccc21. The maximum absolute atomic E-state index is 5.73. The largest absolute Gasteiger partial charge is 0.361 e. The van der Waals surface area contributed by atoms with E-state index in [1.165, 1.54) is 6.04 Å². The van der Waals surface area contributed by atoms with Crippen LogP contribution in [0.1, 0.15) is 0 Å². The van der Waals surface area contributed by atoms with Crippen LogP contribution in [0.3, 0.4) is 0 Å². The molecule has 0 aromatic carbocycles. The summed E-state index contributed by atoms with van der Waals surface area (Å²) in [6, 6.07) is 7.27. The van der Waals surface area contributed by atoms with Crippen molar-refractivity contribution < 1.29 is 4.74 Å². The Kier molecular flexibility index (Phi) is 3.64. The Morgan fingerprint density at radius 1 is 1.29 bits per heavy atom. The van der Waals surface area contributed by atoms with Crippen LogP contribution < -0.4 is 0 Å². The van der Waals surface area contributed by atoms with E-state index in [0.29, 0.717) is 6.73 Å². The van der Waals surface area contributed by atoms with Crippen LogP contribution in [-0.2, 0) is 11.5 Å². The van der Waals surface area contributed by atoms with Gasteiger partial charge in [0.2, 0.25) is 0 Å². The van der Waals surface area contributed by atoms with Crippen molar-refractivity contribution in [1.29, 1.82) is 0 Å². The van der Waals surface area contributed by atoms with Crippen molar-refractivity contribution in [1.82, 2.24) is 9.55 Å². The second-order valence-electron chi connectivity index (χ2n) is 5.54. The van der Waals surface area contributed by atoms with Gasteiger partial charge in [0.25, 0.3) is 0 Å². The standard InChI is InChI=1S/C13H20N2OSi/c1-17(2,3)10-9-16-11-15-8-6-12-13(15)5-4-7-14-12/h4-8H,9-11H2,1-3H3. The molecule has 0 fully saturated rings. The molecule has 0 atom stereocenters. The van der Waals surface area contributed by atoms with Gasteiger partial charge in [-0.25, -0.2) is 0 Å². The molecule has 0 amide bonds. The highest BCUT2D eigenvalue weighted by atomic mass is 28.3. The van der Waals surface area contributed by atoms with Crippen molar-refractivity contribution in [2.75, 3.05) is 6.61 Å². The third kappa shape index (κ3) is 3.41. The molecular weight excluding hydrogens is 228 g/mol. The van der Waals surface area contributed by atoms with Gasteiger partial charge in [0.05, 0.1) is 11.0 Å². The summed E-state index contributed by atoms with van der Waals surface area (Å²) in [5.41, 5.74) is 2.17. The fourth-order valence-electron chi connectivity index (χ4n) is 1.68. The van der Waals surface area contributed by atoms with Crippen LogP contribution >= 0.6 is 0 Å². The smallest absolute Gasteiger partial charge is 0.122 e. The Morgan fingerprint density at radius 2 is 2.12 bits per heavy atom. The maximum Gasteiger partial charge on any atom is 0.122 e. The first-order valence-corrected chi connectivity index (χ1v) is 9.75. The molecule has 2 aromatic rings. The zero-order valence-corrected chi connectivity index (χ0v) is 11.8. The summed E-state index contributed by atoms with van der Waals surface area (Å²) in [5.74, 6) is 0. The van der Waals surface area contributed by atoms with Crippen LogP contribution in [0, 0.1) is 0 Å². The van der Waals surface area contributed by atoms with E-state index in [9.17, 15) is 0 Å². The van der Waals surface area contributed by atoms with Crippen molar-refractivity contribution in [3.63, 3.8) is 0 Å². The lowest BCUT2D eigenvalue weighted by Gasteiger charge is -2.15. The molecular formula is C13H20N2OSi. The second-order valence-corrected chi connectivity index (χ2v) is 11.2. The number of fused-ring (bicyclic) bond motifs is 1. The first kappa shape index (κ1) is 12.3. The Balaban J connectivity index is 1.91. The third-order valence-corrected chi connectivity index (χ3v) is 4.47. The van der Waals surface area contributed by atoms with Crippen molar-refractivity contribution in [3.05, 3.63) is 30.6 Å². The molecule has 0 aliphatic carbocycles. The predicted molar refractivity (Wildman–Crippen MR) is 73.8 cm³/mol. The van der Waals surface area contributed by atoms with Gasteiger partial charge in [-0.05, 0) is 24.2 Å². The van der Waals surface area contributed by atoms with Crippen LogP contribution in [0.25, 0.3) is 11.0 Å². The van der Waals surface area contributed by atoms with Crippen molar-refractivity contribution >= 4 is 19.1 Å². The van der Waals surface area contributed by atoms with Gasteiger partial charge in [-0.2, -0.15) is 0 Å². The number of pyridine rings is 1. The monoisotopic (exact) mass is 248 g/mol. The van der Waals surface area contributed by atoms with Crippen LogP contribution in [-0.4, -0.2) is 24.2 Å². The van der Waals surface area contributed by atoms with Crippen LogP contribution in [0.4, 0.5) is 0 Å². The highest BCUT2D eigenvalue weighted by Gasteiger charge is 2.12. The van der Waals surface area contributed by atoms with E-state index < -0.39 is 8.07 Å². The summed E-state index contributed by atoms with van der Waals surface area (Å²) in [6.45, 7) is 8.58. The zero-order chi connectivity index (χ0) is 12.3. The van der Waals surface area contributed by atoms with Gasteiger partial charge in [0.15, 0.2) is 0 Å². The molecule has 4 heteroatoms. The number of hydrogen-bond donors (Lipinski definition) is 0. The average molecular weight is 248 g/mol. The van der Waals surface area contributed by atoms with Gasteiger partial charge in [-0.1, -0.05) is 19.6 Å². The summed E-state index contributed by atoms with van der Waals surface area (Å²) >= 11 is 0. The van der Waals surface area contributed by atoms with Gasteiger partial charge in [0.1, 0.15) is 6.73 Å². The zero-order valence-electron chi connectivity index (χ0n) is 10.8. The maximum atomic E-state index is 5.73. The molecule has 2 rings (SSSR count). The van der Waals surface area contributed by atoms with E-state index in [1.54, 1.807) is 0 Å². The van der Waals surface area contributed by atoms with Crippen molar-refractivity contribution in [2.24, 2.45) is 0 Å². The van der Waals surface area contributed by atoms with E-state index in [-0.39, 0.29) is 0 Å². The lowest BCUT2D eigenvalue weighted by atomic mass is 10.4. The lowest BCUT2D eigenvalue weighted by Crippen LogP contribution is -2.21. The van der Waals surface area contributed by atoms with E-state index in [0.717, 1.165) is 17.6 Å². The van der Waals surface area contributed by atoms with Crippen molar-refractivity contribution in [3.8, 4) is 0 Å². The molecule has 92 valence electrons. The molecule has 3 nitrogen and oxygen atoms in total. The molecule has 0 spiro atoms. The molecule has 0 bridgehead atoms. The normalized spacial score (nSPS) is 12.2. The van der Waals surface area contributed by atoms with E-state index >= 15 is 0 Å². The number of rotatable bonds is 5. The molecule has 0 N–H and O–H groups in total. The predicted octanol–water partition coefficient (Wildman–Crippen LogP) is 3.35. The molecule has 0 radical (unpaired) electrons. The Bertz CT molecular complexity index is 487. The van der Waals surface area contributed by atoms with Gasteiger partial charge in [0, 0.05) is 27.1 Å². The Labute approximate surface area is 103 Å². The molecule has 2 heterocycles. The average Bonchev–Trinajstić information content (AvgIpc) is 2.67. The number of nitrogens with zero attached hydrogens (tertiary/aromatic N) is 2. The van der Waals surface area contributed by atoms with Crippen LogP contribution in [0.15, 0.2) is 30.6 Å². The lowest BCUT2D eigenvalue weighted by molar-refractivity contribution is 0.0902. The minimum atomic E-state index is -0.980. The van der Waals surface area contributed by atoms with Crippen LogP contribution in [0.5, 0.6) is 0 Å². The van der Waals surface area contributed by atoms with Crippen molar-refractivity contribution in [2.45, 2.75) is 32.4 Å². The van der Waals surface area contributed by atoms with Gasteiger partial charge in [-0.15, -0.1) is 0 Å². The molecule has 0 saturated carbocycles. The number of ether oxygens (including phenoxy) is 1. The first-order valence-electron chi connectivity index (χ1n) is 6.04. The summed E-state index contributed by atoms with van der Waals surface area (Å²) in [5, 5.41) is 0. The molecule has 0 aliphatic heterocycles. The molecule has 17 heavy (non-hydrogen) atoms. The summed E-state index contributed by atoms with van der Waals surface area (Å²) < 4.78 is 7.84. The summed E-state index contributed by atoms with van der Waals surface area (Å²) in [4.78, 5) is 4.30. The van der Waals surface area contributed by atoms with Gasteiger partial charge >= 0.3 is 0 Å². The number of hydrogen-bond acceptors (Lipinski definition) is 2. The highest BCUT2D eigenvalue weighted by Crippen LogP contribution is 2.13. The molecule has 0 saturated heterocycles. The van der Waals surface area contributed by atoms with E-state index in [1.807, 2.05) is 24.5 Å². The summed E-state index contributed by atoms with van der Waals surface area (Å²) in [6.07, 6.45) is 3.85. The minimum absolute atomic E-state index is 0.625. The third-order valence-electron chi connectivity index (χ3n) is 2.76. The summed E-state index contributed by atoms with van der Waals surface area (Å²) in [7, 11) is -0.980. The first-order chi connectivity index (χ1) is 8.06. The highest BCUT2D eigenvalue weighted by molar-refractivity contribution is 6.76. The Morgan fingerprint density at radius 3 is 2.88 bits per heavy atom. The topological polar surface area (TPSA) is 27.1 Å². The van der Waals surface area contributed by atoms with Gasteiger partial charge < -0.3 is 9.30 Å².